The third-order valence-electron chi connectivity index (χ3n) is 7.03. The highest BCUT2D eigenvalue weighted by molar-refractivity contribution is 4.65. The summed E-state index contributed by atoms with van der Waals surface area (Å²) < 4.78 is 18.7. The van der Waals surface area contributed by atoms with E-state index in [9.17, 15) is 0 Å². The molecule has 0 amide bonds. The number of nitrogens with zero attached hydrogens (tertiary/aromatic N) is 1. The summed E-state index contributed by atoms with van der Waals surface area (Å²) in [5.41, 5.74) is 0. The minimum Gasteiger partial charge on any atom is -0.379 e. The molecule has 2 atom stereocenters. The normalized spacial score (nSPS) is 18.7. The van der Waals surface area contributed by atoms with Crippen LogP contribution in [0.3, 0.4) is 0 Å². The molecule has 1 rings (SSSR count). The first kappa shape index (κ1) is 31.9. The summed E-state index contributed by atoms with van der Waals surface area (Å²) in [6, 6.07) is 0. The van der Waals surface area contributed by atoms with Gasteiger partial charge in [0.15, 0.2) is 6.29 Å². The molecule has 0 N–H and O–H groups in total. The van der Waals surface area contributed by atoms with Gasteiger partial charge in [0.25, 0.3) is 0 Å². The maximum absolute atomic E-state index is 6.01. The monoisotopic (exact) mass is 484 g/mol. The molecular formula is C30H62NO3+. The van der Waals surface area contributed by atoms with E-state index in [0.717, 1.165) is 23.9 Å². The van der Waals surface area contributed by atoms with Gasteiger partial charge in [-0.15, -0.1) is 0 Å². The van der Waals surface area contributed by atoms with Gasteiger partial charge in [0, 0.05) is 6.61 Å². The van der Waals surface area contributed by atoms with Crippen molar-refractivity contribution in [2.45, 2.75) is 148 Å². The van der Waals surface area contributed by atoms with Crippen LogP contribution < -0.4 is 0 Å². The summed E-state index contributed by atoms with van der Waals surface area (Å²) in [6.45, 7) is 5.80. The molecule has 0 aliphatic carbocycles. The lowest BCUT2D eigenvalue weighted by Crippen LogP contribution is -2.35. The summed E-state index contributed by atoms with van der Waals surface area (Å²) in [5, 5.41) is 0. The second-order valence-electron chi connectivity index (χ2n) is 11.8. The lowest BCUT2D eigenvalue weighted by atomic mass is 10.0. The summed E-state index contributed by atoms with van der Waals surface area (Å²) in [5.74, 6) is 0. The van der Waals surface area contributed by atoms with E-state index in [2.05, 4.69) is 28.1 Å². The molecule has 0 aromatic carbocycles. The highest BCUT2D eigenvalue weighted by atomic mass is 16.7. The number of ether oxygens (including phenoxy) is 3. The van der Waals surface area contributed by atoms with E-state index in [1.807, 2.05) is 0 Å². The Balaban J connectivity index is 1.77. The fraction of sp³-hybridized carbons (Fsp3) is 1.00. The predicted octanol–water partition coefficient (Wildman–Crippen LogP) is 8.27. The van der Waals surface area contributed by atoms with E-state index in [1.165, 1.54) is 122 Å². The Hall–Kier alpha value is -0.160. The van der Waals surface area contributed by atoms with Gasteiger partial charge in [0.2, 0.25) is 0 Å². The summed E-state index contributed by atoms with van der Waals surface area (Å²) in [4.78, 5) is 0. The minimum atomic E-state index is 0.00564. The average Bonchev–Trinajstić information content (AvgIpc) is 3.25. The highest BCUT2D eigenvalue weighted by Gasteiger charge is 2.25. The first-order valence-electron chi connectivity index (χ1n) is 15.2. The number of hydrogen-bond acceptors (Lipinski definition) is 3. The van der Waals surface area contributed by atoms with Crippen LogP contribution in [0.1, 0.15) is 135 Å². The number of quaternary nitrogens is 1. The fourth-order valence-corrected chi connectivity index (χ4v) is 4.79. The van der Waals surface area contributed by atoms with Crippen molar-refractivity contribution in [3.63, 3.8) is 0 Å². The van der Waals surface area contributed by atoms with E-state index < -0.39 is 0 Å². The van der Waals surface area contributed by atoms with Crippen LogP contribution in [0.4, 0.5) is 0 Å². The van der Waals surface area contributed by atoms with Crippen LogP contribution in [-0.2, 0) is 14.2 Å². The zero-order valence-electron chi connectivity index (χ0n) is 23.8. The Kier molecular flexibility index (Phi) is 20.7. The van der Waals surface area contributed by atoms with E-state index in [0.29, 0.717) is 13.2 Å². The van der Waals surface area contributed by atoms with Crippen molar-refractivity contribution in [2.24, 2.45) is 0 Å². The molecule has 0 spiro atoms. The minimum absolute atomic E-state index is 0.00564. The molecule has 0 aromatic heterocycles. The van der Waals surface area contributed by atoms with Crippen molar-refractivity contribution in [2.75, 3.05) is 47.5 Å². The Morgan fingerprint density at radius 1 is 0.647 bits per heavy atom. The Labute approximate surface area is 214 Å². The fourth-order valence-electron chi connectivity index (χ4n) is 4.79. The molecule has 0 bridgehead atoms. The van der Waals surface area contributed by atoms with E-state index >= 15 is 0 Å². The van der Waals surface area contributed by atoms with Gasteiger partial charge >= 0.3 is 0 Å². The van der Waals surface area contributed by atoms with E-state index in [1.54, 1.807) is 0 Å². The van der Waals surface area contributed by atoms with Crippen LogP contribution >= 0.6 is 0 Å². The zero-order chi connectivity index (χ0) is 24.7. The van der Waals surface area contributed by atoms with Crippen LogP contribution in [0.5, 0.6) is 0 Å². The van der Waals surface area contributed by atoms with Crippen molar-refractivity contribution in [3.8, 4) is 0 Å². The van der Waals surface area contributed by atoms with Crippen LogP contribution in [0.25, 0.3) is 0 Å². The van der Waals surface area contributed by atoms with Gasteiger partial charge in [-0.05, 0) is 32.1 Å². The summed E-state index contributed by atoms with van der Waals surface area (Å²) in [7, 11) is 6.79. The number of rotatable bonds is 25. The third-order valence-corrected chi connectivity index (χ3v) is 7.03. The van der Waals surface area contributed by atoms with E-state index in [4.69, 9.17) is 14.2 Å². The SMILES string of the molecule is CCCCCCCCCCCCCCCCC[C@@H]1OC[C@@H](COCCCCCC[N+](C)(C)C)O1. The maximum atomic E-state index is 6.01. The summed E-state index contributed by atoms with van der Waals surface area (Å²) in [6.07, 6.45) is 27.3. The van der Waals surface area contributed by atoms with Crippen molar-refractivity contribution >= 4 is 0 Å². The Morgan fingerprint density at radius 2 is 1.15 bits per heavy atom. The van der Waals surface area contributed by atoms with Crippen molar-refractivity contribution < 1.29 is 18.7 Å². The predicted molar refractivity (Wildman–Crippen MR) is 146 cm³/mol. The lowest BCUT2D eigenvalue weighted by molar-refractivity contribution is -0.870. The molecule has 34 heavy (non-hydrogen) atoms. The molecule has 1 aliphatic heterocycles. The maximum Gasteiger partial charge on any atom is 0.158 e. The zero-order valence-corrected chi connectivity index (χ0v) is 23.8. The topological polar surface area (TPSA) is 27.7 Å². The molecule has 4 nitrogen and oxygen atoms in total. The van der Waals surface area contributed by atoms with Gasteiger partial charge in [0.1, 0.15) is 6.10 Å². The third kappa shape index (κ3) is 21.1. The van der Waals surface area contributed by atoms with Gasteiger partial charge < -0.3 is 18.7 Å². The van der Waals surface area contributed by atoms with Gasteiger partial charge in [-0.3, -0.25) is 0 Å². The first-order chi connectivity index (χ1) is 16.5. The van der Waals surface area contributed by atoms with E-state index in [-0.39, 0.29) is 12.4 Å². The molecule has 4 heteroatoms. The molecule has 1 heterocycles. The molecule has 1 fully saturated rings. The highest BCUT2D eigenvalue weighted by Crippen LogP contribution is 2.19. The van der Waals surface area contributed by atoms with Crippen molar-refractivity contribution in [1.29, 1.82) is 0 Å². The van der Waals surface area contributed by atoms with Gasteiger partial charge in [0.05, 0.1) is 40.9 Å². The molecular weight excluding hydrogens is 422 g/mol. The second-order valence-corrected chi connectivity index (χ2v) is 11.8. The second kappa shape index (κ2) is 22.1. The molecule has 0 radical (unpaired) electrons. The number of unbranched alkanes of at least 4 members (excludes halogenated alkanes) is 17. The smallest absolute Gasteiger partial charge is 0.158 e. The molecule has 204 valence electrons. The average molecular weight is 485 g/mol. The molecule has 1 saturated heterocycles. The summed E-state index contributed by atoms with van der Waals surface area (Å²) >= 11 is 0. The van der Waals surface area contributed by atoms with Gasteiger partial charge in [-0.1, -0.05) is 103 Å². The standard InChI is InChI=1S/C30H62NO3/c1-5-6-7-8-9-10-11-12-13-14-15-16-17-18-21-24-30-33-28-29(34-30)27-32-26-23-20-19-22-25-31(2,3)4/h29-30H,5-28H2,1-4H3/q+1/t29-,30-/m1/s1. The van der Waals surface area contributed by atoms with Crippen LogP contribution in [0.2, 0.25) is 0 Å². The van der Waals surface area contributed by atoms with Crippen molar-refractivity contribution in [3.05, 3.63) is 0 Å². The number of hydrogen-bond donors (Lipinski definition) is 0. The van der Waals surface area contributed by atoms with Gasteiger partial charge in [-0.2, -0.15) is 0 Å². The first-order valence-corrected chi connectivity index (χ1v) is 15.2. The molecule has 0 saturated carbocycles. The molecule has 0 unspecified atom stereocenters. The lowest BCUT2D eigenvalue weighted by Gasteiger charge is -2.23. The van der Waals surface area contributed by atoms with Crippen molar-refractivity contribution in [1.82, 2.24) is 0 Å². The largest absolute Gasteiger partial charge is 0.379 e. The molecule has 1 aliphatic rings. The van der Waals surface area contributed by atoms with Crippen LogP contribution in [0, 0.1) is 0 Å². The quantitative estimate of drug-likeness (QED) is 0.0963. The Morgan fingerprint density at radius 3 is 1.71 bits per heavy atom. The van der Waals surface area contributed by atoms with Crippen LogP contribution in [-0.4, -0.2) is 64.4 Å². The molecule has 0 aromatic rings. The Bertz CT molecular complexity index is 424. The van der Waals surface area contributed by atoms with Crippen LogP contribution in [0.15, 0.2) is 0 Å². The van der Waals surface area contributed by atoms with Gasteiger partial charge in [-0.25, -0.2) is 0 Å².